The highest BCUT2D eigenvalue weighted by atomic mass is 16.6. The summed E-state index contributed by atoms with van der Waals surface area (Å²) in [6.45, 7) is 5.68. The van der Waals surface area contributed by atoms with Crippen LogP contribution in [0.4, 0.5) is 4.79 Å². The summed E-state index contributed by atoms with van der Waals surface area (Å²) < 4.78 is 5.08. The summed E-state index contributed by atoms with van der Waals surface area (Å²) >= 11 is 0. The molecule has 0 aliphatic rings. The lowest BCUT2D eigenvalue weighted by molar-refractivity contribution is 0.0534. The Labute approximate surface area is 118 Å². The molecule has 108 valence electrons. The number of rotatable bonds is 4. The highest BCUT2D eigenvalue weighted by Gasteiger charge is 2.14. The standard InChI is InChI=1S/C14H19N3O3/c1-14(2,3)20-13(19)16-9-5-7-10-6-4-8-11(17-10)12(15)18/h4-8H,9H2,1-3H3,(H2,15,18)(H,16,19). The zero-order valence-electron chi connectivity index (χ0n) is 11.8. The maximum absolute atomic E-state index is 11.4. The number of carbonyl (C=O) groups is 2. The van der Waals surface area contributed by atoms with Crippen LogP contribution in [0, 0.1) is 0 Å². The van der Waals surface area contributed by atoms with Crippen molar-refractivity contribution in [3.63, 3.8) is 0 Å². The fourth-order valence-corrected chi connectivity index (χ4v) is 1.32. The van der Waals surface area contributed by atoms with Gasteiger partial charge in [0.25, 0.3) is 5.91 Å². The molecule has 0 aliphatic carbocycles. The molecule has 0 spiro atoms. The molecule has 1 rings (SSSR count). The normalized spacial score (nSPS) is 11.3. The number of hydrogen-bond acceptors (Lipinski definition) is 4. The summed E-state index contributed by atoms with van der Waals surface area (Å²) in [5.74, 6) is -0.577. The molecule has 0 atom stereocenters. The van der Waals surface area contributed by atoms with Gasteiger partial charge in [0.1, 0.15) is 11.3 Å². The molecule has 0 bridgehead atoms. The predicted octanol–water partition coefficient (Wildman–Crippen LogP) is 1.72. The number of aromatic nitrogens is 1. The fourth-order valence-electron chi connectivity index (χ4n) is 1.32. The van der Waals surface area contributed by atoms with Crippen LogP contribution in [0.15, 0.2) is 24.3 Å². The molecule has 2 amide bonds. The van der Waals surface area contributed by atoms with E-state index in [1.807, 2.05) is 0 Å². The molecule has 1 aromatic heterocycles. The van der Waals surface area contributed by atoms with Gasteiger partial charge in [0, 0.05) is 6.54 Å². The molecule has 3 N–H and O–H groups in total. The lowest BCUT2D eigenvalue weighted by Gasteiger charge is -2.19. The van der Waals surface area contributed by atoms with E-state index in [0.717, 1.165) is 0 Å². The van der Waals surface area contributed by atoms with Crippen LogP contribution in [-0.2, 0) is 4.74 Å². The van der Waals surface area contributed by atoms with Gasteiger partial charge in [-0.25, -0.2) is 9.78 Å². The summed E-state index contributed by atoms with van der Waals surface area (Å²) in [6.07, 6.45) is 2.90. The van der Waals surface area contributed by atoms with Crippen molar-refractivity contribution in [3.8, 4) is 0 Å². The van der Waals surface area contributed by atoms with Gasteiger partial charge < -0.3 is 15.8 Å². The van der Waals surface area contributed by atoms with Crippen molar-refractivity contribution in [2.45, 2.75) is 26.4 Å². The molecule has 0 aromatic carbocycles. The summed E-state index contributed by atoms with van der Waals surface area (Å²) in [6, 6.07) is 4.96. The maximum Gasteiger partial charge on any atom is 0.407 e. The molecule has 20 heavy (non-hydrogen) atoms. The van der Waals surface area contributed by atoms with Crippen molar-refractivity contribution in [2.24, 2.45) is 5.73 Å². The first-order valence-electron chi connectivity index (χ1n) is 6.18. The second kappa shape index (κ2) is 6.70. The molecular weight excluding hydrogens is 258 g/mol. The number of amides is 2. The van der Waals surface area contributed by atoms with Crippen molar-refractivity contribution in [1.29, 1.82) is 0 Å². The quantitative estimate of drug-likeness (QED) is 0.876. The van der Waals surface area contributed by atoms with E-state index >= 15 is 0 Å². The Morgan fingerprint density at radius 1 is 1.40 bits per heavy atom. The van der Waals surface area contributed by atoms with Gasteiger partial charge in [-0.3, -0.25) is 4.79 Å². The highest BCUT2D eigenvalue weighted by Crippen LogP contribution is 2.06. The largest absolute Gasteiger partial charge is 0.444 e. The number of ether oxygens (including phenoxy) is 1. The Kier molecular flexibility index (Phi) is 5.25. The minimum Gasteiger partial charge on any atom is -0.444 e. The Morgan fingerprint density at radius 2 is 2.10 bits per heavy atom. The molecule has 0 aliphatic heterocycles. The maximum atomic E-state index is 11.4. The van der Waals surface area contributed by atoms with Gasteiger partial charge in [0.05, 0.1) is 5.69 Å². The van der Waals surface area contributed by atoms with Gasteiger partial charge >= 0.3 is 6.09 Å². The molecular formula is C14H19N3O3. The molecule has 1 heterocycles. The molecule has 0 unspecified atom stereocenters. The van der Waals surface area contributed by atoms with E-state index in [9.17, 15) is 9.59 Å². The SMILES string of the molecule is CC(C)(C)OC(=O)NCC=Cc1cccc(C(N)=O)n1. The lowest BCUT2D eigenvalue weighted by atomic mass is 10.2. The van der Waals surface area contributed by atoms with Crippen molar-refractivity contribution >= 4 is 18.1 Å². The first-order valence-corrected chi connectivity index (χ1v) is 6.18. The minimum absolute atomic E-state index is 0.201. The minimum atomic E-state index is -0.577. The van der Waals surface area contributed by atoms with E-state index < -0.39 is 17.6 Å². The van der Waals surface area contributed by atoms with Crippen molar-refractivity contribution in [1.82, 2.24) is 10.3 Å². The van der Waals surface area contributed by atoms with Crippen LogP contribution < -0.4 is 11.1 Å². The summed E-state index contributed by atoms with van der Waals surface area (Å²) in [5.41, 5.74) is 5.41. The number of primary amides is 1. The Morgan fingerprint density at radius 3 is 2.70 bits per heavy atom. The summed E-state index contributed by atoms with van der Waals surface area (Å²) in [5, 5.41) is 2.58. The third kappa shape index (κ3) is 5.99. The van der Waals surface area contributed by atoms with Gasteiger partial charge in [0.15, 0.2) is 0 Å². The van der Waals surface area contributed by atoms with E-state index in [-0.39, 0.29) is 5.69 Å². The zero-order chi connectivity index (χ0) is 15.2. The fraction of sp³-hybridized carbons (Fsp3) is 0.357. The van der Waals surface area contributed by atoms with Gasteiger partial charge in [0.2, 0.25) is 0 Å². The van der Waals surface area contributed by atoms with Gasteiger partial charge in [-0.05, 0) is 39.0 Å². The molecule has 0 saturated carbocycles. The van der Waals surface area contributed by atoms with E-state index in [2.05, 4.69) is 10.3 Å². The number of carbonyl (C=O) groups excluding carboxylic acids is 2. The van der Waals surface area contributed by atoms with E-state index in [1.165, 1.54) is 0 Å². The van der Waals surface area contributed by atoms with E-state index in [0.29, 0.717) is 12.2 Å². The second-order valence-corrected chi connectivity index (χ2v) is 5.10. The molecule has 0 radical (unpaired) electrons. The molecule has 6 heteroatoms. The van der Waals surface area contributed by atoms with Crippen molar-refractivity contribution in [3.05, 3.63) is 35.7 Å². The molecule has 0 saturated heterocycles. The van der Waals surface area contributed by atoms with E-state index in [1.54, 1.807) is 51.1 Å². The van der Waals surface area contributed by atoms with Crippen LogP contribution >= 0.6 is 0 Å². The number of alkyl carbamates (subject to hydrolysis) is 1. The molecule has 1 aromatic rings. The average Bonchev–Trinajstić information content (AvgIpc) is 2.33. The van der Waals surface area contributed by atoms with Crippen LogP contribution in [0.1, 0.15) is 37.0 Å². The van der Waals surface area contributed by atoms with Crippen LogP contribution in [0.25, 0.3) is 6.08 Å². The van der Waals surface area contributed by atoms with Gasteiger partial charge in [-0.15, -0.1) is 0 Å². The number of pyridine rings is 1. The summed E-state index contributed by atoms with van der Waals surface area (Å²) in [4.78, 5) is 26.4. The van der Waals surface area contributed by atoms with Crippen LogP contribution in [-0.4, -0.2) is 29.1 Å². The van der Waals surface area contributed by atoms with Crippen molar-refractivity contribution in [2.75, 3.05) is 6.54 Å². The number of nitrogens with one attached hydrogen (secondary N) is 1. The van der Waals surface area contributed by atoms with Gasteiger partial charge in [-0.2, -0.15) is 0 Å². The highest BCUT2D eigenvalue weighted by molar-refractivity contribution is 5.90. The van der Waals surface area contributed by atoms with Crippen LogP contribution in [0.5, 0.6) is 0 Å². The first kappa shape index (κ1) is 15.7. The number of nitrogens with two attached hydrogens (primary N) is 1. The Hall–Kier alpha value is -2.37. The zero-order valence-corrected chi connectivity index (χ0v) is 11.8. The lowest BCUT2D eigenvalue weighted by Crippen LogP contribution is -2.32. The number of hydrogen-bond donors (Lipinski definition) is 2. The molecule has 0 fully saturated rings. The first-order chi connectivity index (χ1) is 9.28. The van der Waals surface area contributed by atoms with Crippen LogP contribution in [0.3, 0.4) is 0 Å². The third-order valence-corrected chi connectivity index (χ3v) is 2.07. The average molecular weight is 277 g/mol. The summed E-state index contributed by atoms with van der Waals surface area (Å²) in [7, 11) is 0. The topological polar surface area (TPSA) is 94.3 Å². The molecule has 6 nitrogen and oxygen atoms in total. The predicted molar refractivity (Wildman–Crippen MR) is 76.0 cm³/mol. The van der Waals surface area contributed by atoms with E-state index in [4.69, 9.17) is 10.5 Å². The van der Waals surface area contributed by atoms with Crippen molar-refractivity contribution < 1.29 is 14.3 Å². The number of nitrogens with zero attached hydrogens (tertiary/aromatic N) is 1. The monoisotopic (exact) mass is 277 g/mol. The third-order valence-electron chi connectivity index (χ3n) is 2.07. The Balaban J connectivity index is 2.47. The van der Waals surface area contributed by atoms with Gasteiger partial charge in [-0.1, -0.05) is 12.1 Å². The van der Waals surface area contributed by atoms with Crippen LogP contribution in [0.2, 0.25) is 0 Å². The Bertz CT molecular complexity index is 519. The smallest absolute Gasteiger partial charge is 0.407 e. The second-order valence-electron chi connectivity index (χ2n) is 5.10.